The van der Waals surface area contributed by atoms with Gasteiger partial charge in [0.1, 0.15) is 0 Å². The number of hydrogen-bond donors (Lipinski definition) is 1. The van der Waals surface area contributed by atoms with Crippen molar-refractivity contribution in [2.24, 2.45) is 5.92 Å². The molecule has 0 radical (unpaired) electrons. The molecule has 1 aliphatic rings. The van der Waals surface area contributed by atoms with Crippen molar-refractivity contribution in [1.82, 2.24) is 14.9 Å². The van der Waals surface area contributed by atoms with Crippen LogP contribution in [0.3, 0.4) is 0 Å². The monoisotopic (exact) mass is 221 g/mol. The van der Waals surface area contributed by atoms with E-state index in [0.29, 0.717) is 0 Å². The average molecular weight is 221 g/mol. The Bertz CT molecular complexity index is 302. The van der Waals surface area contributed by atoms with E-state index in [1.165, 1.54) is 37.8 Å². The normalized spacial score (nSPS) is 15.6. The molecule has 0 aromatic carbocycles. The molecule has 0 saturated heterocycles. The first kappa shape index (κ1) is 11.6. The molecule has 1 saturated carbocycles. The Labute approximate surface area is 98.3 Å². The molecule has 1 heterocycles. The largest absolute Gasteiger partial charge is 0.333 e. The maximum absolute atomic E-state index is 4.20. The number of aromatic nitrogens is 2. The third-order valence-electron chi connectivity index (χ3n) is 3.23. The first-order valence-corrected chi connectivity index (χ1v) is 6.60. The summed E-state index contributed by atoms with van der Waals surface area (Å²) in [7, 11) is 0. The van der Waals surface area contributed by atoms with Gasteiger partial charge < -0.3 is 9.88 Å². The summed E-state index contributed by atoms with van der Waals surface area (Å²) in [5.41, 5.74) is 1.31. The highest BCUT2D eigenvalue weighted by atomic mass is 15.1. The molecular weight excluding hydrogens is 198 g/mol. The average Bonchev–Trinajstić information content (AvgIpc) is 3.00. The van der Waals surface area contributed by atoms with Gasteiger partial charge in [-0.3, -0.25) is 0 Å². The number of aryl methyl sites for hydroxylation is 1. The maximum atomic E-state index is 4.20. The molecule has 16 heavy (non-hydrogen) atoms. The molecule has 0 amide bonds. The SMILES string of the molecule is CCCn1cncc1CNCCCC1CC1. The van der Waals surface area contributed by atoms with E-state index in [1.807, 2.05) is 12.5 Å². The van der Waals surface area contributed by atoms with Gasteiger partial charge >= 0.3 is 0 Å². The highest BCUT2D eigenvalue weighted by Gasteiger charge is 2.19. The smallest absolute Gasteiger partial charge is 0.0948 e. The number of rotatable bonds is 8. The van der Waals surface area contributed by atoms with E-state index >= 15 is 0 Å². The van der Waals surface area contributed by atoms with Crippen LogP contribution in [0.2, 0.25) is 0 Å². The summed E-state index contributed by atoms with van der Waals surface area (Å²) in [6, 6.07) is 0. The third-order valence-corrected chi connectivity index (χ3v) is 3.23. The van der Waals surface area contributed by atoms with Gasteiger partial charge in [-0.25, -0.2) is 4.98 Å². The zero-order valence-electron chi connectivity index (χ0n) is 10.3. The second kappa shape index (κ2) is 6.04. The Kier molecular flexibility index (Phi) is 4.40. The highest BCUT2D eigenvalue weighted by Crippen LogP contribution is 2.33. The molecule has 0 aliphatic heterocycles. The Hall–Kier alpha value is -0.830. The van der Waals surface area contributed by atoms with Gasteiger partial charge in [0.2, 0.25) is 0 Å². The van der Waals surface area contributed by atoms with E-state index in [-0.39, 0.29) is 0 Å². The molecule has 0 unspecified atom stereocenters. The number of nitrogens with one attached hydrogen (secondary N) is 1. The number of hydrogen-bond acceptors (Lipinski definition) is 2. The van der Waals surface area contributed by atoms with Crippen molar-refractivity contribution in [3.63, 3.8) is 0 Å². The predicted molar refractivity (Wildman–Crippen MR) is 66.2 cm³/mol. The second-order valence-corrected chi connectivity index (χ2v) is 4.84. The highest BCUT2D eigenvalue weighted by molar-refractivity contribution is 4.97. The summed E-state index contributed by atoms with van der Waals surface area (Å²) in [4.78, 5) is 4.20. The molecule has 1 fully saturated rings. The lowest BCUT2D eigenvalue weighted by atomic mass is 10.2. The summed E-state index contributed by atoms with van der Waals surface area (Å²) >= 11 is 0. The van der Waals surface area contributed by atoms with Crippen molar-refractivity contribution in [3.05, 3.63) is 18.2 Å². The maximum Gasteiger partial charge on any atom is 0.0948 e. The van der Waals surface area contributed by atoms with Gasteiger partial charge in [0.25, 0.3) is 0 Å². The zero-order chi connectivity index (χ0) is 11.2. The van der Waals surface area contributed by atoms with Crippen molar-refractivity contribution in [1.29, 1.82) is 0 Å². The molecule has 0 bridgehead atoms. The van der Waals surface area contributed by atoms with Gasteiger partial charge in [0.15, 0.2) is 0 Å². The molecule has 1 aromatic rings. The minimum atomic E-state index is 0.963. The minimum Gasteiger partial charge on any atom is -0.333 e. The molecule has 0 spiro atoms. The van der Waals surface area contributed by atoms with Crippen LogP contribution in [0.25, 0.3) is 0 Å². The third kappa shape index (κ3) is 3.63. The van der Waals surface area contributed by atoms with E-state index in [4.69, 9.17) is 0 Å². The summed E-state index contributed by atoms with van der Waals surface area (Å²) in [5, 5.41) is 3.51. The van der Waals surface area contributed by atoms with Gasteiger partial charge in [-0.1, -0.05) is 19.8 Å². The molecular formula is C13H23N3. The summed E-state index contributed by atoms with van der Waals surface area (Å²) in [6.07, 6.45) is 10.8. The first-order valence-electron chi connectivity index (χ1n) is 6.60. The van der Waals surface area contributed by atoms with E-state index in [9.17, 15) is 0 Å². The molecule has 1 aliphatic carbocycles. The van der Waals surface area contributed by atoms with E-state index in [1.54, 1.807) is 0 Å². The van der Waals surface area contributed by atoms with Crippen LogP contribution >= 0.6 is 0 Å². The number of nitrogens with zero attached hydrogens (tertiary/aromatic N) is 2. The molecule has 2 rings (SSSR count). The van der Waals surface area contributed by atoms with Crippen molar-refractivity contribution in [2.75, 3.05) is 6.54 Å². The fraction of sp³-hybridized carbons (Fsp3) is 0.769. The van der Waals surface area contributed by atoms with Gasteiger partial charge in [-0.05, 0) is 31.7 Å². The first-order chi connectivity index (χ1) is 7.90. The molecule has 3 nitrogen and oxygen atoms in total. The quantitative estimate of drug-likeness (QED) is 0.684. The van der Waals surface area contributed by atoms with Gasteiger partial charge in [-0.15, -0.1) is 0 Å². The van der Waals surface area contributed by atoms with Crippen molar-refractivity contribution < 1.29 is 0 Å². The van der Waals surface area contributed by atoms with Crippen LogP contribution in [0.4, 0.5) is 0 Å². The van der Waals surface area contributed by atoms with Crippen LogP contribution in [0.15, 0.2) is 12.5 Å². The van der Waals surface area contributed by atoms with Crippen LogP contribution in [0, 0.1) is 5.92 Å². The van der Waals surface area contributed by atoms with E-state index in [2.05, 4.69) is 21.8 Å². The number of imidazole rings is 1. The van der Waals surface area contributed by atoms with Crippen LogP contribution in [0.1, 0.15) is 44.7 Å². The van der Waals surface area contributed by atoms with Gasteiger partial charge in [-0.2, -0.15) is 0 Å². The van der Waals surface area contributed by atoms with Gasteiger partial charge in [0.05, 0.1) is 12.0 Å². The molecule has 1 N–H and O–H groups in total. The Balaban J connectivity index is 1.61. The van der Waals surface area contributed by atoms with Crippen molar-refractivity contribution in [2.45, 2.75) is 52.1 Å². The lowest BCUT2D eigenvalue weighted by molar-refractivity contribution is 0.566. The lowest BCUT2D eigenvalue weighted by Gasteiger charge is -2.07. The Morgan fingerprint density at radius 1 is 1.50 bits per heavy atom. The van der Waals surface area contributed by atoms with E-state index < -0.39 is 0 Å². The fourth-order valence-corrected chi connectivity index (χ4v) is 2.08. The topological polar surface area (TPSA) is 29.9 Å². The predicted octanol–water partition coefficient (Wildman–Crippen LogP) is 2.57. The molecule has 3 heteroatoms. The van der Waals surface area contributed by atoms with Crippen molar-refractivity contribution in [3.8, 4) is 0 Å². The minimum absolute atomic E-state index is 0.963. The Morgan fingerprint density at radius 2 is 2.38 bits per heavy atom. The van der Waals surface area contributed by atoms with Crippen molar-refractivity contribution >= 4 is 0 Å². The van der Waals surface area contributed by atoms with Crippen LogP contribution in [0.5, 0.6) is 0 Å². The van der Waals surface area contributed by atoms with E-state index in [0.717, 1.165) is 25.6 Å². The summed E-state index contributed by atoms with van der Waals surface area (Å²) < 4.78 is 2.24. The lowest BCUT2D eigenvalue weighted by Crippen LogP contribution is -2.17. The zero-order valence-corrected chi connectivity index (χ0v) is 10.3. The molecule has 1 aromatic heterocycles. The standard InChI is InChI=1S/C13H23N3/c1-2-8-16-11-15-10-13(16)9-14-7-3-4-12-5-6-12/h10-12,14H,2-9H2,1H3. The summed E-state index contributed by atoms with van der Waals surface area (Å²) in [5.74, 6) is 1.06. The van der Waals surface area contributed by atoms with Crippen LogP contribution < -0.4 is 5.32 Å². The van der Waals surface area contributed by atoms with Crippen LogP contribution in [-0.4, -0.2) is 16.1 Å². The van der Waals surface area contributed by atoms with Gasteiger partial charge in [0, 0.05) is 19.3 Å². The molecule has 0 atom stereocenters. The Morgan fingerprint density at radius 3 is 3.12 bits per heavy atom. The van der Waals surface area contributed by atoms with Crippen LogP contribution in [-0.2, 0) is 13.1 Å². The molecule has 90 valence electrons. The fourth-order valence-electron chi connectivity index (χ4n) is 2.08. The second-order valence-electron chi connectivity index (χ2n) is 4.84. The summed E-state index contributed by atoms with van der Waals surface area (Å²) in [6.45, 7) is 5.39.